The number of hydrogen-bond donors (Lipinski definition) is 1. The minimum atomic E-state index is -3.05. The van der Waals surface area contributed by atoms with E-state index in [0.717, 1.165) is 13.1 Å². The molecular formula is C9H18N2O2S. The van der Waals surface area contributed by atoms with Gasteiger partial charge in [0.05, 0.1) is 6.26 Å². The van der Waals surface area contributed by atoms with E-state index in [4.69, 9.17) is 0 Å². The molecule has 0 radical (unpaired) electrons. The summed E-state index contributed by atoms with van der Waals surface area (Å²) in [4.78, 5) is 0. The van der Waals surface area contributed by atoms with Gasteiger partial charge in [-0.2, -0.15) is 4.31 Å². The number of nitrogens with zero attached hydrogens (tertiary/aromatic N) is 1. The van der Waals surface area contributed by atoms with E-state index in [-0.39, 0.29) is 5.54 Å². The Morgan fingerprint density at radius 1 is 1.36 bits per heavy atom. The van der Waals surface area contributed by atoms with Gasteiger partial charge in [-0.05, 0) is 32.2 Å². The zero-order chi connectivity index (χ0) is 10.6. The van der Waals surface area contributed by atoms with Crippen LogP contribution in [-0.2, 0) is 10.0 Å². The van der Waals surface area contributed by atoms with Crippen molar-refractivity contribution in [1.29, 1.82) is 0 Å². The molecular weight excluding hydrogens is 200 g/mol. The van der Waals surface area contributed by atoms with E-state index < -0.39 is 10.0 Å². The van der Waals surface area contributed by atoms with Crippen LogP contribution in [0, 0.1) is 11.8 Å². The quantitative estimate of drug-likeness (QED) is 0.667. The summed E-state index contributed by atoms with van der Waals surface area (Å²) in [5.41, 5.74) is -0.220. The van der Waals surface area contributed by atoms with Crippen molar-refractivity contribution < 1.29 is 8.42 Å². The first-order valence-corrected chi connectivity index (χ1v) is 6.87. The Hall–Kier alpha value is -0.130. The predicted octanol–water partition coefficient (Wildman–Crippen LogP) is -0.124. The smallest absolute Gasteiger partial charge is 0.211 e. The van der Waals surface area contributed by atoms with E-state index in [1.807, 2.05) is 13.8 Å². The summed E-state index contributed by atoms with van der Waals surface area (Å²) in [6, 6.07) is 0. The van der Waals surface area contributed by atoms with Crippen molar-refractivity contribution in [2.24, 2.45) is 11.8 Å². The molecule has 2 saturated heterocycles. The summed E-state index contributed by atoms with van der Waals surface area (Å²) in [5.74, 6) is 0.969. The molecule has 2 unspecified atom stereocenters. The Balaban J connectivity index is 2.32. The van der Waals surface area contributed by atoms with E-state index in [1.165, 1.54) is 6.26 Å². The zero-order valence-corrected chi connectivity index (χ0v) is 9.76. The highest BCUT2D eigenvalue weighted by Gasteiger charge is 2.52. The highest BCUT2D eigenvalue weighted by Crippen LogP contribution is 2.41. The maximum atomic E-state index is 11.6. The number of rotatable bonds is 1. The number of sulfonamides is 1. The van der Waals surface area contributed by atoms with Crippen LogP contribution in [0.4, 0.5) is 0 Å². The van der Waals surface area contributed by atoms with Crippen LogP contribution in [-0.4, -0.2) is 44.2 Å². The Morgan fingerprint density at radius 3 is 2.50 bits per heavy atom. The van der Waals surface area contributed by atoms with Crippen LogP contribution in [0.15, 0.2) is 0 Å². The van der Waals surface area contributed by atoms with Crippen LogP contribution in [0.3, 0.4) is 0 Å². The Labute approximate surface area is 85.7 Å². The average molecular weight is 218 g/mol. The van der Waals surface area contributed by atoms with Gasteiger partial charge < -0.3 is 5.32 Å². The van der Waals surface area contributed by atoms with Gasteiger partial charge in [-0.15, -0.1) is 0 Å². The topological polar surface area (TPSA) is 49.4 Å². The third kappa shape index (κ3) is 1.38. The minimum Gasteiger partial charge on any atom is -0.316 e. The van der Waals surface area contributed by atoms with Crippen LogP contribution >= 0.6 is 0 Å². The molecule has 0 amide bonds. The molecule has 0 aliphatic carbocycles. The van der Waals surface area contributed by atoms with Crippen LogP contribution in [0.2, 0.25) is 0 Å². The molecule has 5 heteroatoms. The molecule has 2 aliphatic rings. The fourth-order valence-electron chi connectivity index (χ4n) is 2.95. The van der Waals surface area contributed by atoms with E-state index in [9.17, 15) is 8.42 Å². The van der Waals surface area contributed by atoms with Gasteiger partial charge in [-0.1, -0.05) is 0 Å². The first-order valence-electron chi connectivity index (χ1n) is 5.02. The molecule has 0 saturated carbocycles. The summed E-state index contributed by atoms with van der Waals surface area (Å²) in [6.07, 6.45) is 1.31. The molecule has 14 heavy (non-hydrogen) atoms. The first-order chi connectivity index (χ1) is 6.33. The standard InChI is InChI=1S/C9H18N2O2S/c1-9(2)8-5-10-4-7(8)6-11(9)14(3,12)13/h7-8,10H,4-6H2,1-3H3. The molecule has 4 nitrogen and oxygen atoms in total. The lowest BCUT2D eigenvalue weighted by molar-refractivity contribution is 0.234. The second kappa shape index (κ2) is 2.93. The fourth-order valence-corrected chi connectivity index (χ4v) is 4.40. The summed E-state index contributed by atoms with van der Waals surface area (Å²) in [6.45, 7) is 6.66. The Bertz CT molecular complexity index is 337. The highest BCUT2D eigenvalue weighted by molar-refractivity contribution is 7.88. The van der Waals surface area contributed by atoms with Crippen LogP contribution in [0.5, 0.6) is 0 Å². The van der Waals surface area contributed by atoms with Crippen molar-refractivity contribution >= 4 is 10.0 Å². The third-order valence-electron chi connectivity index (χ3n) is 3.69. The van der Waals surface area contributed by atoms with Crippen molar-refractivity contribution in [3.05, 3.63) is 0 Å². The predicted molar refractivity (Wildman–Crippen MR) is 55.5 cm³/mol. The Morgan fingerprint density at radius 2 is 2.00 bits per heavy atom. The molecule has 1 N–H and O–H groups in total. The number of nitrogens with one attached hydrogen (secondary N) is 1. The van der Waals surface area contributed by atoms with Crippen molar-refractivity contribution in [2.75, 3.05) is 25.9 Å². The summed E-state index contributed by atoms with van der Waals surface area (Å²) >= 11 is 0. The SMILES string of the molecule is CC1(C)C2CNCC2CN1S(C)(=O)=O. The Kier molecular flexibility index (Phi) is 2.18. The molecule has 0 bridgehead atoms. The van der Waals surface area contributed by atoms with Gasteiger partial charge in [0.2, 0.25) is 10.0 Å². The lowest BCUT2D eigenvalue weighted by atomic mass is 9.85. The second-order valence-corrected chi connectivity index (χ2v) is 6.88. The molecule has 2 rings (SSSR count). The van der Waals surface area contributed by atoms with Crippen LogP contribution < -0.4 is 5.32 Å². The lowest BCUT2D eigenvalue weighted by Crippen LogP contribution is -2.47. The van der Waals surface area contributed by atoms with Gasteiger partial charge in [0, 0.05) is 18.6 Å². The van der Waals surface area contributed by atoms with Gasteiger partial charge in [0.1, 0.15) is 0 Å². The first kappa shape index (κ1) is 10.4. The normalized spacial score (nSPS) is 37.4. The van der Waals surface area contributed by atoms with Crippen molar-refractivity contribution in [3.8, 4) is 0 Å². The minimum absolute atomic E-state index is 0.220. The van der Waals surface area contributed by atoms with Crippen molar-refractivity contribution in [1.82, 2.24) is 9.62 Å². The largest absolute Gasteiger partial charge is 0.316 e. The van der Waals surface area contributed by atoms with Gasteiger partial charge in [0.25, 0.3) is 0 Å². The molecule has 2 fully saturated rings. The molecule has 0 aromatic heterocycles. The van der Waals surface area contributed by atoms with Gasteiger partial charge in [0.15, 0.2) is 0 Å². The summed E-state index contributed by atoms with van der Waals surface area (Å²) in [7, 11) is -3.05. The highest BCUT2D eigenvalue weighted by atomic mass is 32.2. The summed E-state index contributed by atoms with van der Waals surface area (Å²) in [5, 5.41) is 3.33. The monoisotopic (exact) mass is 218 g/mol. The average Bonchev–Trinajstić information content (AvgIpc) is 2.51. The second-order valence-electron chi connectivity index (χ2n) is 4.97. The van der Waals surface area contributed by atoms with Gasteiger partial charge in [-0.3, -0.25) is 0 Å². The number of fused-ring (bicyclic) bond motifs is 1. The zero-order valence-electron chi connectivity index (χ0n) is 8.95. The molecule has 0 aromatic carbocycles. The van der Waals surface area contributed by atoms with Gasteiger partial charge >= 0.3 is 0 Å². The van der Waals surface area contributed by atoms with Crippen LogP contribution in [0.1, 0.15) is 13.8 Å². The molecule has 82 valence electrons. The molecule has 2 heterocycles. The van der Waals surface area contributed by atoms with E-state index in [2.05, 4.69) is 5.32 Å². The van der Waals surface area contributed by atoms with Crippen molar-refractivity contribution in [2.45, 2.75) is 19.4 Å². The fraction of sp³-hybridized carbons (Fsp3) is 1.00. The summed E-state index contributed by atoms with van der Waals surface area (Å²) < 4.78 is 24.8. The maximum Gasteiger partial charge on any atom is 0.211 e. The van der Waals surface area contributed by atoms with Gasteiger partial charge in [-0.25, -0.2) is 8.42 Å². The number of hydrogen-bond acceptors (Lipinski definition) is 3. The molecule has 2 aliphatic heterocycles. The van der Waals surface area contributed by atoms with E-state index in [1.54, 1.807) is 4.31 Å². The third-order valence-corrected chi connectivity index (χ3v) is 5.11. The molecule has 0 spiro atoms. The maximum absolute atomic E-state index is 11.6. The molecule has 0 aromatic rings. The van der Waals surface area contributed by atoms with Crippen molar-refractivity contribution in [3.63, 3.8) is 0 Å². The lowest BCUT2D eigenvalue weighted by Gasteiger charge is -2.33. The molecule has 2 atom stereocenters. The van der Waals surface area contributed by atoms with E-state index >= 15 is 0 Å². The van der Waals surface area contributed by atoms with E-state index in [0.29, 0.717) is 18.4 Å². The van der Waals surface area contributed by atoms with Crippen LogP contribution in [0.25, 0.3) is 0 Å².